The molecule has 0 aromatic carbocycles. The molecular formula is C16H31NO. The van der Waals surface area contributed by atoms with Gasteiger partial charge in [-0.3, -0.25) is 0 Å². The Morgan fingerprint density at radius 1 is 1.00 bits per heavy atom. The molecule has 106 valence electrons. The quantitative estimate of drug-likeness (QED) is 0.805. The van der Waals surface area contributed by atoms with Crippen LogP contribution in [0.3, 0.4) is 0 Å². The molecule has 0 aromatic rings. The van der Waals surface area contributed by atoms with E-state index < -0.39 is 0 Å². The predicted octanol–water partition coefficient (Wildman–Crippen LogP) is 3.34. The minimum absolute atomic E-state index is 0.374. The second-order valence-corrected chi connectivity index (χ2v) is 6.86. The molecule has 0 spiro atoms. The lowest BCUT2D eigenvalue weighted by atomic mass is 9.78. The average Bonchev–Trinajstić information content (AvgIpc) is 2.40. The van der Waals surface area contributed by atoms with E-state index >= 15 is 0 Å². The smallest absolute Gasteiger partial charge is 0.0474 e. The van der Waals surface area contributed by atoms with E-state index in [1.807, 2.05) is 0 Å². The highest BCUT2D eigenvalue weighted by molar-refractivity contribution is 4.86. The number of rotatable bonds is 4. The maximum Gasteiger partial charge on any atom is 0.0474 e. The number of aliphatic hydroxyl groups excluding tert-OH is 1. The Morgan fingerprint density at radius 3 is 2.28 bits per heavy atom. The summed E-state index contributed by atoms with van der Waals surface area (Å²) >= 11 is 0. The molecule has 2 fully saturated rings. The van der Waals surface area contributed by atoms with E-state index in [4.69, 9.17) is 0 Å². The van der Waals surface area contributed by atoms with E-state index in [1.54, 1.807) is 0 Å². The standard InChI is InChI=1S/C16H31NO/c1-12(2)13-7-9-15(10-8-13)17-16-6-4-3-5-14(16)11-18/h12-18H,3-11H2,1-2H3. The number of hydrogen-bond acceptors (Lipinski definition) is 2. The van der Waals surface area contributed by atoms with Gasteiger partial charge in [0.05, 0.1) is 0 Å². The number of aliphatic hydroxyl groups is 1. The Bertz CT molecular complexity index is 233. The summed E-state index contributed by atoms with van der Waals surface area (Å²) in [7, 11) is 0. The van der Waals surface area contributed by atoms with Crippen LogP contribution in [0.1, 0.15) is 65.2 Å². The molecule has 2 rings (SSSR count). The van der Waals surface area contributed by atoms with Gasteiger partial charge in [-0.15, -0.1) is 0 Å². The molecule has 0 amide bonds. The van der Waals surface area contributed by atoms with Crippen LogP contribution >= 0.6 is 0 Å². The van der Waals surface area contributed by atoms with Crippen molar-refractivity contribution in [2.45, 2.75) is 77.3 Å². The average molecular weight is 253 g/mol. The van der Waals surface area contributed by atoms with Gasteiger partial charge in [0.25, 0.3) is 0 Å². The van der Waals surface area contributed by atoms with Gasteiger partial charge in [-0.25, -0.2) is 0 Å². The fraction of sp³-hybridized carbons (Fsp3) is 1.00. The zero-order valence-electron chi connectivity index (χ0n) is 12.2. The van der Waals surface area contributed by atoms with Gasteiger partial charge >= 0.3 is 0 Å². The predicted molar refractivity (Wildman–Crippen MR) is 76.6 cm³/mol. The van der Waals surface area contributed by atoms with Crippen LogP contribution in [-0.4, -0.2) is 23.8 Å². The van der Waals surface area contributed by atoms with Crippen molar-refractivity contribution in [3.8, 4) is 0 Å². The zero-order chi connectivity index (χ0) is 13.0. The molecule has 2 nitrogen and oxygen atoms in total. The molecule has 0 saturated heterocycles. The summed E-state index contributed by atoms with van der Waals surface area (Å²) in [6.07, 6.45) is 10.6. The van der Waals surface area contributed by atoms with Gasteiger partial charge in [0.1, 0.15) is 0 Å². The Balaban J connectivity index is 1.76. The van der Waals surface area contributed by atoms with Crippen LogP contribution in [0.4, 0.5) is 0 Å². The van der Waals surface area contributed by atoms with Crippen LogP contribution in [0.25, 0.3) is 0 Å². The summed E-state index contributed by atoms with van der Waals surface area (Å²) in [5.74, 6) is 2.32. The second kappa shape index (κ2) is 6.91. The Morgan fingerprint density at radius 2 is 1.67 bits per heavy atom. The number of hydrogen-bond donors (Lipinski definition) is 2. The maximum absolute atomic E-state index is 9.47. The first kappa shape index (κ1) is 14.3. The van der Waals surface area contributed by atoms with Gasteiger partial charge in [0.2, 0.25) is 0 Å². The molecule has 0 aromatic heterocycles. The van der Waals surface area contributed by atoms with Crippen molar-refractivity contribution in [2.24, 2.45) is 17.8 Å². The minimum Gasteiger partial charge on any atom is -0.396 e. The second-order valence-electron chi connectivity index (χ2n) is 6.86. The first-order valence-corrected chi connectivity index (χ1v) is 8.07. The van der Waals surface area contributed by atoms with Crippen molar-refractivity contribution in [3.63, 3.8) is 0 Å². The lowest BCUT2D eigenvalue weighted by Crippen LogP contribution is -2.46. The molecule has 2 aliphatic rings. The Labute approximate surface area is 113 Å². The van der Waals surface area contributed by atoms with E-state index in [0.717, 1.165) is 17.9 Å². The molecule has 0 heterocycles. The molecule has 2 unspecified atom stereocenters. The maximum atomic E-state index is 9.47. The summed E-state index contributed by atoms with van der Waals surface area (Å²) in [4.78, 5) is 0. The molecule has 2 atom stereocenters. The fourth-order valence-electron chi connectivity index (χ4n) is 3.90. The molecular weight excluding hydrogens is 222 g/mol. The van der Waals surface area contributed by atoms with E-state index in [-0.39, 0.29) is 0 Å². The monoisotopic (exact) mass is 253 g/mol. The molecule has 2 aliphatic carbocycles. The van der Waals surface area contributed by atoms with E-state index in [0.29, 0.717) is 18.6 Å². The SMILES string of the molecule is CC(C)C1CCC(NC2CCCCC2CO)CC1. The third kappa shape index (κ3) is 3.71. The zero-order valence-corrected chi connectivity index (χ0v) is 12.2. The summed E-state index contributed by atoms with van der Waals surface area (Å²) in [6.45, 7) is 5.10. The van der Waals surface area contributed by atoms with Crippen LogP contribution < -0.4 is 5.32 Å². The largest absolute Gasteiger partial charge is 0.396 e. The van der Waals surface area contributed by atoms with Gasteiger partial charge in [0.15, 0.2) is 0 Å². The van der Waals surface area contributed by atoms with Crippen molar-refractivity contribution in [2.75, 3.05) is 6.61 Å². The summed E-state index contributed by atoms with van der Waals surface area (Å²) in [5.41, 5.74) is 0. The van der Waals surface area contributed by atoms with Gasteiger partial charge in [0, 0.05) is 18.7 Å². The highest BCUT2D eigenvalue weighted by Crippen LogP contribution is 2.31. The Kier molecular flexibility index (Phi) is 5.50. The summed E-state index contributed by atoms with van der Waals surface area (Å²) in [5, 5.41) is 13.3. The van der Waals surface area contributed by atoms with Crippen molar-refractivity contribution in [1.82, 2.24) is 5.32 Å². The van der Waals surface area contributed by atoms with Gasteiger partial charge in [-0.1, -0.05) is 26.7 Å². The number of nitrogens with one attached hydrogen (secondary N) is 1. The van der Waals surface area contributed by atoms with Crippen molar-refractivity contribution >= 4 is 0 Å². The van der Waals surface area contributed by atoms with Crippen LogP contribution in [0.5, 0.6) is 0 Å². The van der Waals surface area contributed by atoms with Crippen molar-refractivity contribution in [1.29, 1.82) is 0 Å². The molecule has 0 bridgehead atoms. The normalized spacial score (nSPS) is 38.0. The third-order valence-corrected chi connectivity index (χ3v) is 5.31. The van der Waals surface area contributed by atoms with E-state index in [9.17, 15) is 5.11 Å². The molecule has 0 aliphatic heterocycles. The van der Waals surface area contributed by atoms with E-state index in [1.165, 1.54) is 51.4 Å². The highest BCUT2D eigenvalue weighted by Gasteiger charge is 2.29. The van der Waals surface area contributed by atoms with Crippen molar-refractivity contribution < 1.29 is 5.11 Å². The molecule has 0 radical (unpaired) electrons. The van der Waals surface area contributed by atoms with E-state index in [2.05, 4.69) is 19.2 Å². The summed E-state index contributed by atoms with van der Waals surface area (Å²) in [6, 6.07) is 1.31. The van der Waals surface area contributed by atoms with Gasteiger partial charge in [-0.2, -0.15) is 0 Å². The molecule has 2 N–H and O–H groups in total. The first-order valence-electron chi connectivity index (χ1n) is 8.07. The lowest BCUT2D eigenvalue weighted by molar-refractivity contribution is 0.133. The molecule has 2 heteroatoms. The third-order valence-electron chi connectivity index (χ3n) is 5.31. The van der Waals surface area contributed by atoms with Crippen molar-refractivity contribution in [3.05, 3.63) is 0 Å². The first-order chi connectivity index (χ1) is 8.70. The van der Waals surface area contributed by atoms with Gasteiger partial charge < -0.3 is 10.4 Å². The van der Waals surface area contributed by atoms with Gasteiger partial charge in [-0.05, 0) is 56.3 Å². The highest BCUT2D eigenvalue weighted by atomic mass is 16.3. The van der Waals surface area contributed by atoms with Crippen LogP contribution in [0.15, 0.2) is 0 Å². The van der Waals surface area contributed by atoms with Crippen LogP contribution in [0, 0.1) is 17.8 Å². The topological polar surface area (TPSA) is 32.3 Å². The minimum atomic E-state index is 0.374. The fourth-order valence-corrected chi connectivity index (χ4v) is 3.90. The molecule has 18 heavy (non-hydrogen) atoms. The van der Waals surface area contributed by atoms with Crippen LogP contribution in [-0.2, 0) is 0 Å². The van der Waals surface area contributed by atoms with Crippen LogP contribution in [0.2, 0.25) is 0 Å². The molecule has 2 saturated carbocycles. The lowest BCUT2D eigenvalue weighted by Gasteiger charge is -2.38. The summed E-state index contributed by atoms with van der Waals surface area (Å²) < 4.78 is 0. The Hall–Kier alpha value is -0.0800.